The highest BCUT2D eigenvalue weighted by Gasteiger charge is 2.20. The largest absolute Gasteiger partial charge is 0.464 e. The van der Waals surface area contributed by atoms with Crippen LogP contribution in [0.2, 0.25) is 0 Å². The number of aryl methyl sites for hydroxylation is 2. The lowest BCUT2D eigenvalue weighted by Gasteiger charge is -2.16. The van der Waals surface area contributed by atoms with Gasteiger partial charge in [0.2, 0.25) is 0 Å². The van der Waals surface area contributed by atoms with Crippen LogP contribution in [0, 0.1) is 13.8 Å². The van der Waals surface area contributed by atoms with Crippen LogP contribution in [0.3, 0.4) is 0 Å². The van der Waals surface area contributed by atoms with E-state index in [2.05, 4.69) is 122 Å². The minimum Gasteiger partial charge on any atom is -0.464 e. The quantitative estimate of drug-likeness (QED) is 0.246. The third-order valence-electron chi connectivity index (χ3n) is 7.32. The van der Waals surface area contributed by atoms with Crippen molar-refractivity contribution < 1.29 is 4.42 Å². The van der Waals surface area contributed by atoms with E-state index in [0.29, 0.717) is 0 Å². The summed E-state index contributed by atoms with van der Waals surface area (Å²) in [6, 6.07) is 40.3. The predicted octanol–water partition coefficient (Wildman–Crippen LogP) is 9.39. The van der Waals surface area contributed by atoms with Gasteiger partial charge in [0.1, 0.15) is 17.7 Å². The van der Waals surface area contributed by atoms with E-state index >= 15 is 0 Å². The molecule has 0 radical (unpaired) electrons. The van der Waals surface area contributed by atoms with E-state index in [1.54, 1.807) is 0 Å². The first-order valence-corrected chi connectivity index (χ1v) is 12.9. The maximum absolute atomic E-state index is 6.05. The molecule has 0 saturated carbocycles. The van der Waals surface area contributed by atoms with Gasteiger partial charge in [0, 0.05) is 11.1 Å². The van der Waals surface area contributed by atoms with Crippen LogP contribution in [-0.4, -0.2) is 9.55 Å². The van der Waals surface area contributed by atoms with Crippen molar-refractivity contribution in [1.29, 1.82) is 0 Å². The first kappa shape index (κ1) is 22.3. The molecule has 182 valence electrons. The first-order valence-electron chi connectivity index (χ1n) is 12.9. The summed E-state index contributed by atoms with van der Waals surface area (Å²) in [5.74, 6) is 0.876. The molecule has 0 unspecified atom stereocenters. The number of benzene rings is 5. The van der Waals surface area contributed by atoms with Crippen LogP contribution in [0.1, 0.15) is 11.1 Å². The highest BCUT2D eigenvalue weighted by Crippen LogP contribution is 2.38. The van der Waals surface area contributed by atoms with Gasteiger partial charge in [0.25, 0.3) is 0 Å². The van der Waals surface area contributed by atoms with Gasteiger partial charge >= 0.3 is 0 Å². The van der Waals surface area contributed by atoms with Gasteiger partial charge < -0.3 is 4.42 Å². The third-order valence-corrected chi connectivity index (χ3v) is 7.32. The Morgan fingerprint density at radius 1 is 0.632 bits per heavy atom. The molecule has 0 bridgehead atoms. The summed E-state index contributed by atoms with van der Waals surface area (Å²) in [7, 11) is 0. The highest BCUT2D eigenvalue weighted by atomic mass is 16.3. The second kappa shape index (κ2) is 8.89. The van der Waals surface area contributed by atoms with Gasteiger partial charge in [0.05, 0.1) is 16.6 Å². The lowest BCUT2D eigenvalue weighted by molar-refractivity contribution is 0.616. The third kappa shape index (κ3) is 3.63. The molecule has 2 heterocycles. The fraction of sp³-hybridized carbons (Fsp3) is 0.0571. The number of fused-ring (bicyclic) bond motifs is 2. The molecule has 0 spiro atoms. The van der Waals surface area contributed by atoms with Crippen LogP contribution in [0.25, 0.3) is 61.3 Å². The van der Waals surface area contributed by atoms with Gasteiger partial charge in [-0.05, 0) is 83.6 Å². The van der Waals surface area contributed by atoms with Crippen molar-refractivity contribution in [3.05, 3.63) is 133 Å². The molecule has 38 heavy (non-hydrogen) atoms. The molecule has 5 aromatic carbocycles. The molecule has 3 heteroatoms. The van der Waals surface area contributed by atoms with E-state index in [0.717, 1.165) is 44.6 Å². The van der Waals surface area contributed by atoms with E-state index in [9.17, 15) is 0 Å². The molecule has 7 rings (SSSR count). The number of aromatic nitrogens is 2. The van der Waals surface area contributed by atoms with Crippen molar-refractivity contribution in [3.63, 3.8) is 0 Å². The van der Waals surface area contributed by atoms with E-state index in [1.165, 1.54) is 27.8 Å². The lowest BCUT2D eigenvalue weighted by Crippen LogP contribution is -2.00. The van der Waals surface area contributed by atoms with Gasteiger partial charge in [-0.3, -0.25) is 4.57 Å². The van der Waals surface area contributed by atoms with Crippen LogP contribution < -0.4 is 0 Å². The Bertz CT molecular complexity index is 1900. The van der Waals surface area contributed by atoms with Crippen molar-refractivity contribution in [2.45, 2.75) is 13.8 Å². The van der Waals surface area contributed by atoms with Gasteiger partial charge in [-0.25, -0.2) is 4.98 Å². The molecule has 0 aliphatic carbocycles. The monoisotopic (exact) mass is 490 g/mol. The Balaban J connectivity index is 1.46. The van der Waals surface area contributed by atoms with E-state index in [4.69, 9.17) is 9.40 Å². The average Bonchev–Trinajstić information content (AvgIpc) is 3.55. The smallest absolute Gasteiger partial charge is 0.149 e. The molecule has 7 aromatic rings. The fourth-order valence-corrected chi connectivity index (χ4v) is 5.61. The summed E-state index contributed by atoms with van der Waals surface area (Å²) >= 11 is 0. The number of hydrogen-bond donors (Lipinski definition) is 0. The minimum atomic E-state index is 0.852. The van der Waals surface area contributed by atoms with Crippen LogP contribution in [0.5, 0.6) is 0 Å². The summed E-state index contributed by atoms with van der Waals surface area (Å²) in [6.45, 7) is 4.38. The molecule has 0 N–H and O–H groups in total. The van der Waals surface area contributed by atoms with Crippen LogP contribution in [0.15, 0.2) is 126 Å². The fourth-order valence-electron chi connectivity index (χ4n) is 5.61. The zero-order valence-corrected chi connectivity index (χ0v) is 21.3. The molecule has 0 aliphatic heterocycles. The maximum atomic E-state index is 6.05. The van der Waals surface area contributed by atoms with Crippen molar-refractivity contribution in [1.82, 2.24) is 9.55 Å². The SMILES string of the molecule is Cc1cc(-n2c(-c3coc4ccc(-c5ccccc5)cc34)nc3ccccc32)cc(C)c1-c1ccccc1. The molecular weight excluding hydrogens is 464 g/mol. The lowest BCUT2D eigenvalue weighted by atomic mass is 9.95. The summed E-state index contributed by atoms with van der Waals surface area (Å²) in [5, 5.41) is 1.05. The Hall–Kier alpha value is -4.89. The Labute approximate surface area is 221 Å². The molecule has 0 fully saturated rings. The van der Waals surface area contributed by atoms with Gasteiger partial charge in [-0.1, -0.05) is 78.9 Å². The zero-order valence-electron chi connectivity index (χ0n) is 21.3. The Morgan fingerprint density at radius 2 is 1.29 bits per heavy atom. The van der Waals surface area contributed by atoms with Gasteiger partial charge in [-0.2, -0.15) is 0 Å². The van der Waals surface area contributed by atoms with Crippen molar-refractivity contribution in [2.24, 2.45) is 0 Å². The van der Waals surface area contributed by atoms with Gasteiger partial charge in [-0.15, -0.1) is 0 Å². The van der Waals surface area contributed by atoms with Crippen molar-refractivity contribution in [3.8, 4) is 39.3 Å². The number of rotatable bonds is 4. The second-order valence-electron chi connectivity index (χ2n) is 9.81. The van der Waals surface area contributed by atoms with Crippen molar-refractivity contribution >= 4 is 22.0 Å². The number of hydrogen-bond acceptors (Lipinski definition) is 2. The zero-order chi connectivity index (χ0) is 25.6. The minimum absolute atomic E-state index is 0.852. The van der Waals surface area contributed by atoms with E-state index in [1.807, 2.05) is 18.4 Å². The molecule has 0 amide bonds. The molecule has 0 saturated heterocycles. The van der Waals surface area contributed by atoms with Crippen molar-refractivity contribution in [2.75, 3.05) is 0 Å². The molecule has 0 atom stereocenters. The maximum Gasteiger partial charge on any atom is 0.149 e. The van der Waals surface area contributed by atoms with E-state index < -0.39 is 0 Å². The molecule has 2 aromatic heterocycles. The standard InChI is InChI=1S/C35H26N2O/c1-23-19-28(20-24(2)34(23)26-13-7-4-8-14-26)37-32-16-10-9-15-31(32)36-35(37)30-22-38-33-18-17-27(21-29(30)33)25-11-5-3-6-12-25/h3-22H,1-2H3. The summed E-state index contributed by atoms with van der Waals surface area (Å²) in [4.78, 5) is 5.13. The number of para-hydroxylation sites is 2. The number of furan rings is 1. The Kier molecular flexibility index (Phi) is 5.22. The number of imidazole rings is 1. The van der Waals surface area contributed by atoms with Crippen LogP contribution in [0.4, 0.5) is 0 Å². The average molecular weight is 491 g/mol. The second-order valence-corrected chi connectivity index (χ2v) is 9.81. The van der Waals surface area contributed by atoms with Gasteiger partial charge in [0.15, 0.2) is 0 Å². The molecular formula is C35H26N2O. The highest BCUT2D eigenvalue weighted by molar-refractivity contribution is 5.97. The topological polar surface area (TPSA) is 31.0 Å². The summed E-state index contributed by atoms with van der Waals surface area (Å²) in [6.07, 6.45) is 1.84. The summed E-state index contributed by atoms with van der Waals surface area (Å²) < 4.78 is 8.32. The normalized spacial score (nSPS) is 11.4. The molecule has 0 aliphatic rings. The Morgan fingerprint density at radius 3 is 2.03 bits per heavy atom. The van der Waals surface area contributed by atoms with Crippen LogP contribution >= 0.6 is 0 Å². The molecule has 3 nitrogen and oxygen atoms in total. The van der Waals surface area contributed by atoms with Crippen LogP contribution in [-0.2, 0) is 0 Å². The predicted molar refractivity (Wildman–Crippen MR) is 157 cm³/mol. The van der Waals surface area contributed by atoms with E-state index in [-0.39, 0.29) is 0 Å². The first-order chi connectivity index (χ1) is 18.7. The summed E-state index contributed by atoms with van der Waals surface area (Å²) in [5.41, 5.74) is 12.3. The number of nitrogens with zero attached hydrogens (tertiary/aromatic N) is 2.